The van der Waals surface area contributed by atoms with Crippen LogP contribution in [0.1, 0.15) is 43.4 Å². The van der Waals surface area contributed by atoms with E-state index in [-0.39, 0.29) is 5.41 Å². The van der Waals surface area contributed by atoms with Crippen molar-refractivity contribution in [3.63, 3.8) is 0 Å². The summed E-state index contributed by atoms with van der Waals surface area (Å²) in [7, 11) is 0. The number of nitrogens with two attached hydrogens (primary N) is 1. The van der Waals surface area contributed by atoms with Gasteiger partial charge in [0, 0.05) is 25.0 Å². The van der Waals surface area contributed by atoms with E-state index in [0.717, 1.165) is 13.1 Å². The first-order chi connectivity index (χ1) is 8.63. The van der Waals surface area contributed by atoms with E-state index in [4.69, 9.17) is 5.73 Å². The molecule has 0 fully saturated rings. The highest BCUT2D eigenvalue weighted by Gasteiger charge is 2.21. The standard InChI is InChI=1S/C16H26N2/c1-16(2,12-18-10-9-17)15-8-7-13-5-3-4-6-14(13)11-15/h7-8,11,18H,3-6,9-10,12,17H2,1-2H3. The van der Waals surface area contributed by atoms with Crippen molar-refractivity contribution in [1.82, 2.24) is 5.32 Å². The molecule has 0 saturated carbocycles. The average molecular weight is 246 g/mol. The highest BCUT2D eigenvalue weighted by Crippen LogP contribution is 2.28. The minimum atomic E-state index is 0.182. The number of rotatable bonds is 5. The molecule has 0 bridgehead atoms. The van der Waals surface area contributed by atoms with Crippen molar-refractivity contribution in [3.05, 3.63) is 34.9 Å². The first-order valence-electron chi connectivity index (χ1n) is 7.16. The molecular weight excluding hydrogens is 220 g/mol. The van der Waals surface area contributed by atoms with Crippen LogP contribution in [0.2, 0.25) is 0 Å². The van der Waals surface area contributed by atoms with Crippen LogP contribution in [0.4, 0.5) is 0 Å². The van der Waals surface area contributed by atoms with Crippen molar-refractivity contribution in [3.8, 4) is 0 Å². The molecule has 2 heteroatoms. The van der Waals surface area contributed by atoms with Crippen molar-refractivity contribution in [2.75, 3.05) is 19.6 Å². The number of aryl methyl sites for hydroxylation is 2. The van der Waals surface area contributed by atoms with E-state index in [9.17, 15) is 0 Å². The lowest BCUT2D eigenvalue weighted by atomic mass is 9.81. The van der Waals surface area contributed by atoms with Gasteiger partial charge in [-0.2, -0.15) is 0 Å². The van der Waals surface area contributed by atoms with Crippen LogP contribution in [0.5, 0.6) is 0 Å². The van der Waals surface area contributed by atoms with Gasteiger partial charge in [-0.25, -0.2) is 0 Å². The largest absolute Gasteiger partial charge is 0.329 e. The summed E-state index contributed by atoms with van der Waals surface area (Å²) in [5.74, 6) is 0. The Morgan fingerprint density at radius 1 is 1.17 bits per heavy atom. The average Bonchev–Trinajstić information content (AvgIpc) is 2.38. The maximum absolute atomic E-state index is 5.53. The van der Waals surface area contributed by atoms with Crippen molar-refractivity contribution in [2.45, 2.75) is 44.9 Å². The predicted molar refractivity (Wildman–Crippen MR) is 78.0 cm³/mol. The van der Waals surface area contributed by atoms with Crippen molar-refractivity contribution < 1.29 is 0 Å². The minimum absolute atomic E-state index is 0.182. The molecule has 0 saturated heterocycles. The fraction of sp³-hybridized carbons (Fsp3) is 0.625. The number of hydrogen-bond acceptors (Lipinski definition) is 2. The number of benzene rings is 1. The third-order valence-electron chi connectivity index (χ3n) is 4.02. The van der Waals surface area contributed by atoms with Crippen LogP contribution in [-0.4, -0.2) is 19.6 Å². The topological polar surface area (TPSA) is 38.0 Å². The Morgan fingerprint density at radius 2 is 1.89 bits per heavy atom. The molecule has 0 aliphatic heterocycles. The first-order valence-corrected chi connectivity index (χ1v) is 7.16. The van der Waals surface area contributed by atoms with Gasteiger partial charge in [-0.1, -0.05) is 32.0 Å². The summed E-state index contributed by atoms with van der Waals surface area (Å²) < 4.78 is 0. The summed E-state index contributed by atoms with van der Waals surface area (Å²) in [6.07, 6.45) is 5.23. The fourth-order valence-electron chi connectivity index (χ4n) is 2.76. The molecular formula is C16H26N2. The van der Waals surface area contributed by atoms with E-state index in [1.165, 1.54) is 31.2 Å². The molecule has 1 aliphatic rings. The van der Waals surface area contributed by atoms with Crippen molar-refractivity contribution in [2.24, 2.45) is 5.73 Å². The van der Waals surface area contributed by atoms with Crippen LogP contribution in [-0.2, 0) is 18.3 Å². The summed E-state index contributed by atoms with van der Waals surface area (Å²) in [5, 5.41) is 3.43. The lowest BCUT2D eigenvalue weighted by Crippen LogP contribution is -2.35. The molecule has 1 aromatic carbocycles. The SMILES string of the molecule is CC(C)(CNCCN)c1ccc2c(c1)CCCC2. The van der Waals surface area contributed by atoms with Crippen LogP contribution >= 0.6 is 0 Å². The van der Waals surface area contributed by atoms with Gasteiger partial charge in [0.25, 0.3) is 0 Å². The first kappa shape index (κ1) is 13.6. The highest BCUT2D eigenvalue weighted by molar-refractivity contribution is 5.37. The normalized spacial score (nSPS) is 15.5. The van der Waals surface area contributed by atoms with Gasteiger partial charge in [-0.15, -0.1) is 0 Å². The summed E-state index contributed by atoms with van der Waals surface area (Å²) in [6, 6.07) is 7.08. The molecule has 0 unspecified atom stereocenters. The van der Waals surface area contributed by atoms with Gasteiger partial charge in [0.1, 0.15) is 0 Å². The van der Waals surface area contributed by atoms with Gasteiger partial charge < -0.3 is 11.1 Å². The second-order valence-corrected chi connectivity index (χ2v) is 6.04. The van der Waals surface area contributed by atoms with Gasteiger partial charge >= 0.3 is 0 Å². The molecule has 3 N–H and O–H groups in total. The molecule has 2 rings (SSSR count). The Bertz CT molecular complexity index is 396. The summed E-state index contributed by atoms with van der Waals surface area (Å²) in [6.45, 7) is 7.21. The lowest BCUT2D eigenvalue weighted by molar-refractivity contribution is 0.472. The zero-order valence-electron chi connectivity index (χ0n) is 11.8. The van der Waals surface area contributed by atoms with Crippen LogP contribution in [0.25, 0.3) is 0 Å². The van der Waals surface area contributed by atoms with Gasteiger partial charge in [0.05, 0.1) is 0 Å². The quantitative estimate of drug-likeness (QED) is 0.783. The van der Waals surface area contributed by atoms with E-state index >= 15 is 0 Å². The molecule has 18 heavy (non-hydrogen) atoms. The van der Waals surface area contributed by atoms with Gasteiger partial charge in [0.2, 0.25) is 0 Å². The van der Waals surface area contributed by atoms with E-state index in [1.807, 2.05) is 0 Å². The Labute approximate surface area is 111 Å². The van der Waals surface area contributed by atoms with Crippen molar-refractivity contribution in [1.29, 1.82) is 0 Å². The number of nitrogens with one attached hydrogen (secondary N) is 1. The lowest BCUT2D eigenvalue weighted by Gasteiger charge is -2.28. The summed E-state index contributed by atoms with van der Waals surface area (Å²) in [5.41, 5.74) is 10.3. The molecule has 0 heterocycles. The molecule has 0 radical (unpaired) electrons. The zero-order chi connectivity index (χ0) is 13.0. The monoisotopic (exact) mass is 246 g/mol. The second-order valence-electron chi connectivity index (χ2n) is 6.04. The molecule has 0 aromatic heterocycles. The minimum Gasteiger partial charge on any atom is -0.329 e. The van der Waals surface area contributed by atoms with E-state index in [0.29, 0.717) is 6.54 Å². The maximum atomic E-state index is 5.53. The molecule has 1 aromatic rings. The fourth-order valence-corrected chi connectivity index (χ4v) is 2.76. The second kappa shape index (κ2) is 5.85. The third kappa shape index (κ3) is 3.12. The van der Waals surface area contributed by atoms with Crippen molar-refractivity contribution >= 4 is 0 Å². The van der Waals surface area contributed by atoms with E-state index < -0.39 is 0 Å². The molecule has 0 atom stereocenters. The van der Waals surface area contributed by atoms with Gasteiger partial charge in [-0.3, -0.25) is 0 Å². The van der Waals surface area contributed by atoms with E-state index in [1.54, 1.807) is 11.1 Å². The van der Waals surface area contributed by atoms with Crippen LogP contribution in [0, 0.1) is 0 Å². The molecule has 2 nitrogen and oxygen atoms in total. The van der Waals surface area contributed by atoms with E-state index in [2.05, 4.69) is 37.4 Å². The Morgan fingerprint density at radius 3 is 2.61 bits per heavy atom. The van der Waals surface area contributed by atoms with Crippen LogP contribution in [0.15, 0.2) is 18.2 Å². The predicted octanol–water partition coefficient (Wildman–Crippen LogP) is 2.39. The smallest absolute Gasteiger partial charge is 0.00748 e. The molecule has 1 aliphatic carbocycles. The molecule has 100 valence electrons. The number of hydrogen-bond donors (Lipinski definition) is 2. The van der Waals surface area contributed by atoms with Crippen LogP contribution in [0.3, 0.4) is 0 Å². The van der Waals surface area contributed by atoms with Gasteiger partial charge in [-0.05, 0) is 42.4 Å². The Kier molecular flexibility index (Phi) is 4.41. The zero-order valence-corrected chi connectivity index (χ0v) is 11.8. The Balaban J connectivity index is 2.11. The summed E-state index contributed by atoms with van der Waals surface area (Å²) in [4.78, 5) is 0. The molecule has 0 spiro atoms. The number of fused-ring (bicyclic) bond motifs is 1. The molecule has 0 amide bonds. The third-order valence-corrected chi connectivity index (χ3v) is 4.02. The highest BCUT2D eigenvalue weighted by atomic mass is 14.9. The van der Waals surface area contributed by atoms with Gasteiger partial charge in [0.15, 0.2) is 0 Å². The summed E-state index contributed by atoms with van der Waals surface area (Å²) >= 11 is 0. The maximum Gasteiger partial charge on any atom is 0.00748 e. The Hall–Kier alpha value is -0.860. The van der Waals surface area contributed by atoms with Crippen LogP contribution < -0.4 is 11.1 Å².